The highest BCUT2D eigenvalue weighted by molar-refractivity contribution is 6.31. The van der Waals surface area contributed by atoms with Gasteiger partial charge in [0.15, 0.2) is 5.83 Å². The van der Waals surface area contributed by atoms with E-state index >= 15 is 0 Å². The summed E-state index contributed by atoms with van der Waals surface area (Å²) < 4.78 is 39.5. The molecule has 2 N–H and O–H groups in total. The van der Waals surface area contributed by atoms with E-state index in [4.69, 9.17) is 26.5 Å². The Morgan fingerprint density at radius 2 is 2.19 bits per heavy atom. The van der Waals surface area contributed by atoms with Gasteiger partial charge in [-0.15, -0.1) is 0 Å². The molecule has 1 aliphatic heterocycles. The van der Waals surface area contributed by atoms with Crippen LogP contribution in [0.25, 0.3) is 10.9 Å². The average Bonchev–Trinajstić information content (AvgIpc) is 2.87. The number of hydrogen-bond donors (Lipinski definition) is 2. The van der Waals surface area contributed by atoms with Crippen LogP contribution in [-0.2, 0) is 16.1 Å². The first-order valence-corrected chi connectivity index (χ1v) is 12.1. The van der Waals surface area contributed by atoms with Crippen LogP contribution >= 0.6 is 11.6 Å². The van der Waals surface area contributed by atoms with Crippen molar-refractivity contribution in [2.24, 2.45) is 0 Å². The summed E-state index contributed by atoms with van der Waals surface area (Å²) in [6, 6.07) is 9.25. The molecule has 10 heteroatoms. The Bertz CT molecular complexity index is 1380. The number of aromatic nitrogens is 1. The number of aryl methyl sites for hydroxylation is 1. The van der Waals surface area contributed by atoms with E-state index in [1.54, 1.807) is 36.9 Å². The number of carbonyl (C=O) groups is 1. The lowest BCUT2D eigenvalue weighted by Crippen LogP contribution is -2.47. The maximum Gasteiger partial charge on any atom is 0.251 e. The van der Waals surface area contributed by atoms with Gasteiger partial charge < -0.3 is 25.1 Å². The Hall–Kier alpha value is -3.56. The van der Waals surface area contributed by atoms with Crippen LogP contribution in [0.2, 0.25) is 5.02 Å². The highest BCUT2D eigenvalue weighted by Crippen LogP contribution is 2.34. The second-order valence-electron chi connectivity index (χ2n) is 8.75. The number of fused-ring (bicyclic) bond motifs is 1. The number of nitrogens with one attached hydrogen (secondary N) is 2. The molecule has 37 heavy (non-hydrogen) atoms. The molecule has 0 saturated carbocycles. The molecule has 1 saturated heterocycles. The number of halogens is 3. The van der Waals surface area contributed by atoms with E-state index in [0.717, 1.165) is 6.20 Å². The molecule has 1 fully saturated rings. The molecule has 1 unspecified atom stereocenters. The minimum absolute atomic E-state index is 0.00665. The highest BCUT2D eigenvalue weighted by Gasteiger charge is 2.31. The molecule has 2 atom stereocenters. The fourth-order valence-electron chi connectivity index (χ4n) is 4.37. The summed E-state index contributed by atoms with van der Waals surface area (Å²) in [7, 11) is 0. The van der Waals surface area contributed by atoms with Crippen LogP contribution in [0.5, 0.6) is 5.75 Å². The number of ether oxygens (including phenoxy) is 2. The Morgan fingerprint density at radius 1 is 1.41 bits per heavy atom. The van der Waals surface area contributed by atoms with E-state index in [-0.39, 0.29) is 17.5 Å². The third-order valence-electron chi connectivity index (χ3n) is 6.25. The molecule has 7 nitrogen and oxygen atoms in total. The van der Waals surface area contributed by atoms with Crippen molar-refractivity contribution in [1.82, 2.24) is 9.88 Å². The molecule has 1 aromatic heterocycles. The first kappa shape index (κ1) is 26.5. The predicted octanol–water partition coefficient (Wildman–Crippen LogP) is 6.10. The highest BCUT2D eigenvalue weighted by atomic mass is 35.5. The van der Waals surface area contributed by atoms with Gasteiger partial charge in [-0.2, -0.15) is 0 Å². The van der Waals surface area contributed by atoms with Crippen molar-refractivity contribution >= 4 is 40.3 Å². The summed E-state index contributed by atoms with van der Waals surface area (Å²) in [5, 5.41) is 10.8. The van der Waals surface area contributed by atoms with Crippen molar-refractivity contribution in [2.45, 2.75) is 39.5 Å². The average molecular weight is 529 g/mol. The van der Waals surface area contributed by atoms with Crippen LogP contribution in [0.3, 0.4) is 0 Å². The predicted molar refractivity (Wildman–Crippen MR) is 139 cm³/mol. The van der Waals surface area contributed by atoms with Gasteiger partial charge in [0.1, 0.15) is 29.8 Å². The minimum Gasteiger partial charge on any atom is -0.487 e. The molecule has 2 aromatic carbocycles. The number of pyridine rings is 1. The van der Waals surface area contributed by atoms with E-state index in [1.807, 2.05) is 13.0 Å². The zero-order valence-electron chi connectivity index (χ0n) is 20.6. The molecule has 1 aliphatic rings. The summed E-state index contributed by atoms with van der Waals surface area (Å²) >= 11 is 6.47. The Labute approximate surface area is 218 Å². The number of nitrogens with zero attached hydrogens (tertiary/aromatic N) is 2. The van der Waals surface area contributed by atoms with E-state index in [1.165, 1.54) is 12.1 Å². The Kier molecular flexibility index (Phi) is 8.04. The van der Waals surface area contributed by atoms with E-state index < -0.39 is 23.8 Å². The maximum absolute atomic E-state index is 14.4. The molecule has 4 rings (SSSR count). The van der Waals surface area contributed by atoms with Gasteiger partial charge in [0, 0.05) is 35.1 Å². The number of carbonyl (C=O) groups excluding carboxylic acids is 1. The minimum atomic E-state index is -0.726. The van der Waals surface area contributed by atoms with Crippen LogP contribution in [0.1, 0.15) is 36.7 Å². The van der Waals surface area contributed by atoms with Gasteiger partial charge in [-0.25, -0.2) is 13.8 Å². The lowest BCUT2D eigenvalue weighted by atomic mass is 9.99. The Morgan fingerprint density at radius 3 is 2.95 bits per heavy atom. The lowest BCUT2D eigenvalue weighted by Gasteiger charge is -2.36. The number of morpholine rings is 1. The largest absolute Gasteiger partial charge is 0.487 e. The summed E-state index contributed by atoms with van der Waals surface area (Å²) in [4.78, 5) is 19.0. The summed E-state index contributed by atoms with van der Waals surface area (Å²) in [5.41, 5.74) is 2.91. The second-order valence-corrected chi connectivity index (χ2v) is 9.15. The fourth-order valence-corrected chi connectivity index (χ4v) is 4.64. The molecule has 2 heterocycles. The summed E-state index contributed by atoms with van der Waals surface area (Å²) in [6.45, 7) is 6.10. The quantitative estimate of drug-likeness (QED) is 0.345. The van der Waals surface area contributed by atoms with Crippen LogP contribution in [0.4, 0.5) is 14.5 Å². The smallest absolute Gasteiger partial charge is 0.251 e. The number of rotatable bonds is 8. The monoisotopic (exact) mass is 528 g/mol. The molecular formula is C27H27ClF2N4O3. The Balaban J connectivity index is 1.67. The zero-order chi connectivity index (χ0) is 26.7. The van der Waals surface area contributed by atoms with Gasteiger partial charge in [-0.05, 0) is 50.6 Å². The van der Waals surface area contributed by atoms with Crippen molar-refractivity contribution in [1.29, 1.82) is 5.41 Å². The third-order valence-corrected chi connectivity index (χ3v) is 6.59. The van der Waals surface area contributed by atoms with Crippen molar-refractivity contribution < 1.29 is 23.0 Å². The van der Waals surface area contributed by atoms with Crippen molar-refractivity contribution in [3.05, 3.63) is 76.1 Å². The maximum atomic E-state index is 14.4. The number of anilines is 1. The fraction of sp³-hybridized carbons (Fsp3) is 0.296. The van der Waals surface area contributed by atoms with Crippen molar-refractivity contribution in [3.8, 4) is 5.75 Å². The van der Waals surface area contributed by atoms with Gasteiger partial charge in [-0.3, -0.25) is 4.79 Å². The van der Waals surface area contributed by atoms with Gasteiger partial charge in [-0.1, -0.05) is 23.7 Å². The number of para-hydroxylation sites is 1. The molecule has 0 bridgehead atoms. The van der Waals surface area contributed by atoms with E-state index in [9.17, 15) is 13.6 Å². The topological polar surface area (TPSA) is 87.5 Å². The van der Waals surface area contributed by atoms with Crippen molar-refractivity contribution in [2.75, 3.05) is 18.5 Å². The summed E-state index contributed by atoms with van der Waals surface area (Å²) in [6.07, 6.45) is 1.12. The van der Waals surface area contributed by atoms with Gasteiger partial charge >= 0.3 is 0 Å². The third kappa shape index (κ3) is 5.73. The van der Waals surface area contributed by atoms with Gasteiger partial charge in [0.05, 0.1) is 23.9 Å². The molecule has 194 valence electrons. The van der Waals surface area contributed by atoms with Crippen LogP contribution in [0.15, 0.2) is 48.4 Å². The summed E-state index contributed by atoms with van der Waals surface area (Å²) in [5.74, 6) is -0.951. The van der Waals surface area contributed by atoms with E-state index in [2.05, 4.69) is 10.3 Å². The molecule has 3 aromatic rings. The normalized spacial score (nSPS) is 17.1. The molecule has 0 radical (unpaired) electrons. The molecular weight excluding hydrogens is 502 g/mol. The molecule has 0 aliphatic carbocycles. The van der Waals surface area contributed by atoms with E-state index in [0.29, 0.717) is 58.5 Å². The van der Waals surface area contributed by atoms with Crippen LogP contribution < -0.4 is 10.1 Å². The van der Waals surface area contributed by atoms with Crippen LogP contribution in [0, 0.1) is 18.2 Å². The zero-order valence-corrected chi connectivity index (χ0v) is 21.4. The van der Waals surface area contributed by atoms with Gasteiger partial charge in [0.2, 0.25) is 0 Å². The number of benzene rings is 2. The first-order valence-electron chi connectivity index (χ1n) is 11.7. The van der Waals surface area contributed by atoms with Gasteiger partial charge in [0.25, 0.3) is 5.91 Å². The molecule has 1 amide bonds. The van der Waals surface area contributed by atoms with Crippen LogP contribution in [-0.4, -0.2) is 41.3 Å². The second kappa shape index (κ2) is 11.2. The van der Waals surface area contributed by atoms with Crippen molar-refractivity contribution in [3.63, 3.8) is 0 Å². The molecule has 0 spiro atoms. The number of hydrogen-bond acceptors (Lipinski definition) is 6. The standard InChI is InChI=1S/C27H27ClF2N4O3/c1-15-9-24(32-13-19(30)12-31)20-5-4-6-25(26(20)33-15)37-14-22-21(10-18(29)11-23(22)28)16(2)34-7-8-36-17(3)27(34)35/h4-6,9-13,16-17,31H,7-8,14H2,1-3H3,(H,32,33)/b19-13+,31-12?/t16-,17?/m0/s1. The SMILES string of the molecule is Cc1cc(N/C=C(/F)C=N)c2cccc(OCc3c(Cl)cc(F)cc3[C@H](C)N3CCOC(C)C3=O)c2n1. The number of amides is 1. The first-order chi connectivity index (χ1) is 17.7. The lowest BCUT2D eigenvalue weighted by molar-refractivity contribution is -0.154. The number of allylic oxidation sites excluding steroid dienone is 1.